The minimum absolute atomic E-state index is 0.0247. The number of aryl methyl sites for hydroxylation is 1. The zero-order valence-corrected chi connectivity index (χ0v) is 31.0. The van der Waals surface area contributed by atoms with Gasteiger partial charge in [-0.05, 0) is 74.7 Å². The van der Waals surface area contributed by atoms with Gasteiger partial charge in [0.25, 0.3) is 0 Å². The van der Waals surface area contributed by atoms with E-state index in [1.54, 1.807) is 11.3 Å². The second-order valence-electron chi connectivity index (χ2n) is 14.4. The molecule has 5 nitrogen and oxygen atoms in total. The molecule has 0 spiro atoms. The molecule has 0 N–H and O–H groups in total. The van der Waals surface area contributed by atoms with Gasteiger partial charge in [-0.25, -0.2) is 4.98 Å². The fourth-order valence-corrected chi connectivity index (χ4v) is 7.30. The van der Waals surface area contributed by atoms with Crippen LogP contribution in [0.5, 0.6) is 0 Å². The first-order valence-corrected chi connectivity index (χ1v) is 19.7. The van der Waals surface area contributed by atoms with Crippen LogP contribution in [0.15, 0.2) is 23.1 Å². The highest BCUT2D eigenvalue weighted by atomic mass is 32.1. The van der Waals surface area contributed by atoms with E-state index in [1.165, 1.54) is 6.92 Å². The first kappa shape index (κ1) is 38.5. The minimum Gasteiger partial charge on any atom is -0.458 e. The van der Waals surface area contributed by atoms with Gasteiger partial charge in [-0.1, -0.05) is 80.9 Å². The van der Waals surface area contributed by atoms with Crippen LogP contribution in [0, 0.1) is 30.1 Å². The predicted molar refractivity (Wildman–Crippen MR) is 182 cm³/mol. The molecule has 1 rings (SSSR count). The lowest BCUT2D eigenvalue weighted by Crippen LogP contribution is -2.51. The van der Waals surface area contributed by atoms with Crippen LogP contribution >= 0.6 is 11.3 Å². The van der Waals surface area contributed by atoms with Gasteiger partial charge in [-0.2, -0.15) is 0 Å². The highest BCUT2D eigenvalue weighted by Gasteiger charge is 2.46. The predicted octanol–water partition coefficient (Wildman–Crippen LogP) is 10.2. The maximum Gasteiger partial charge on any atom is 0.303 e. The van der Waals surface area contributed by atoms with Crippen LogP contribution in [-0.2, 0) is 18.8 Å². The van der Waals surface area contributed by atoms with Crippen LogP contribution in [0.25, 0.3) is 6.08 Å². The number of hydrogen-bond donors (Lipinski definition) is 0. The van der Waals surface area contributed by atoms with E-state index in [0.717, 1.165) is 42.0 Å². The molecule has 0 fully saturated rings. The van der Waals surface area contributed by atoms with Crippen molar-refractivity contribution in [2.45, 2.75) is 146 Å². The Kier molecular flexibility index (Phi) is 15.1. The summed E-state index contributed by atoms with van der Waals surface area (Å²) in [5.74, 6) is 0.752. The van der Waals surface area contributed by atoms with Crippen molar-refractivity contribution >= 4 is 37.5 Å². The third-order valence-corrected chi connectivity index (χ3v) is 14.8. The molecule has 0 radical (unpaired) electrons. The number of hydrogen-bond acceptors (Lipinski definition) is 6. The second kappa shape index (κ2) is 16.5. The van der Waals surface area contributed by atoms with Crippen molar-refractivity contribution in [3.05, 3.63) is 33.8 Å². The molecule has 1 aromatic rings. The van der Waals surface area contributed by atoms with Gasteiger partial charge in [-0.15, -0.1) is 11.3 Å². The molecular weight excluding hydrogens is 559 g/mol. The smallest absolute Gasteiger partial charge is 0.303 e. The minimum atomic E-state index is -1.98. The summed E-state index contributed by atoms with van der Waals surface area (Å²) in [6.07, 6.45) is 10.5. The molecule has 1 heterocycles. The Bertz CT molecular complexity index is 1070. The number of nitrogens with zero attached hydrogens (tertiary/aromatic N) is 1. The largest absolute Gasteiger partial charge is 0.458 e. The van der Waals surface area contributed by atoms with Crippen LogP contribution in [-0.4, -0.2) is 37.3 Å². The highest BCUT2D eigenvalue weighted by Crippen LogP contribution is 2.42. The van der Waals surface area contributed by atoms with Crippen molar-refractivity contribution < 1.29 is 18.8 Å². The number of unbranched alkanes of at least 4 members (excludes halogenated alkanes) is 1. The van der Waals surface area contributed by atoms with Crippen molar-refractivity contribution in [3.8, 4) is 0 Å². The van der Waals surface area contributed by atoms with Crippen LogP contribution < -0.4 is 0 Å². The Morgan fingerprint density at radius 1 is 1.07 bits per heavy atom. The van der Waals surface area contributed by atoms with E-state index in [4.69, 9.17) is 9.16 Å². The summed E-state index contributed by atoms with van der Waals surface area (Å²) >= 11 is 1.61. The summed E-state index contributed by atoms with van der Waals surface area (Å²) in [5, 5.41) is 3.14. The van der Waals surface area contributed by atoms with Crippen LogP contribution in [0.1, 0.15) is 119 Å². The van der Waals surface area contributed by atoms with E-state index in [9.17, 15) is 9.59 Å². The molecule has 0 aliphatic carbocycles. The Labute approximate surface area is 263 Å². The van der Waals surface area contributed by atoms with Gasteiger partial charge in [0.05, 0.1) is 16.8 Å². The Hall–Kier alpha value is -1.57. The van der Waals surface area contributed by atoms with Crippen LogP contribution in [0.3, 0.4) is 0 Å². The number of esters is 1. The second-order valence-corrected chi connectivity index (χ2v) is 20.2. The fraction of sp³-hybridized carbons (Fsp3) is 0.743. The van der Waals surface area contributed by atoms with Gasteiger partial charge in [0.15, 0.2) is 8.32 Å². The first-order valence-electron chi connectivity index (χ1n) is 15.9. The molecule has 0 amide bonds. The summed E-state index contributed by atoms with van der Waals surface area (Å²) in [5.41, 5.74) is 1.37. The van der Waals surface area contributed by atoms with E-state index in [1.807, 2.05) is 25.3 Å². The highest BCUT2D eigenvalue weighted by molar-refractivity contribution is 7.09. The number of ether oxygens (including phenoxy) is 1. The molecule has 1 aromatic heterocycles. The van der Waals surface area contributed by atoms with Crippen molar-refractivity contribution in [3.63, 3.8) is 0 Å². The molecule has 240 valence electrons. The van der Waals surface area contributed by atoms with Gasteiger partial charge in [0.1, 0.15) is 11.9 Å². The van der Waals surface area contributed by atoms with Gasteiger partial charge in [0.2, 0.25) is 0 Å². The molecule has 7 heteroatoms. The lowest BCUT2D eigenvalue weighted by molar-refractivity contribution is -0.144. The van der Waals surface area contributed by atoms with Gasteiger partial charge in [0, 0.05) is 30.1 Å². The van der Waals surface area contributed by atoms with E-state index < -0.39 is 13.7 Å². The molecule has 0 saturated carbocycles. The molecular formula is C35H61NO4SSi. The number of aromatic nitrogens is 1. The zero-order valence-electron chi connectivity index (χ0n) is 29.2. The van der Waals surface area contributed by atoms with Gasteiger partial charge < -0.3 is 9.16 Å². The third-order valence-electron chi connectivity index (χ3n) is 9.53. The standard InChI is InChI=1S/C35H61NO4SSi/c1-15-32(40-42(13,14)34(8,9)10)35(11,12)33(38)27(5)26(4)24(2)20-18-16-17-19-21-31(39-29(7)37)25(3)22-30-23-41-28(6)36-30/h17,19,22-24,26-27,31-32H,15-16,18,20-21H2,1-14H3/b19-17-,25-22+/t24?,26-,27+,31?,32-/m0/s1. The molecule has 2 unspecified atom stereocenters. The monoisotopic (exact) mass is 619 g/mol. The number of rotatable bonds is 17. The molecule has 42 heavy (non-hydrogen) atoms. The average molecular weight is 620 g/mol. The molecule has 0 bridgehead atoms. The summed E-state index contributed by atoms with van der Waals surface area (Å²) in [7, 11) is -1.98. The summed E-state index contributed by atoms with van der Waals surface area (Å²) in [6, 6.07) is 0. The number of Topliss-reactive ketones (excluding diaryl/α,β-unsaturated/α-hetero) is 1. The number of thiazole rings is 1. The van der Waals surface area contributed by atoms with E-state index >= 15 is 0 Å². The quantitative estimate of drug-likeness (QED) is 0.0751. The van der Waals surface area contributed by atoms with Crippen molar-refractivity contribution in [1.29, 1.82) is 0 Å². The maximum atomic E-state index is 13.9. The first-order chi connectivity index (χ1) is 19.2. The van der Waals surface area contributed by atoms with E-state index in [0.29, 0.717) is 24.0 Å². The Balaban J connectivity index is 2.70. The SMILES string of the molecule is CC[C@H](O[Si](C)(C)C(C)(C)C)C(C)(C)C(=O)[C@H](C)[C@@H](C)C(C)CCC/C=C\CC(OC(C)=O)/C(C)=C/c1csc(C)n1. The Morgan fingerprint density at radius 2 is 1.69 bits per heavy atom. The summed E-state index contributed by atoms with van der Waals surface area (Å²) in [6.45, 7) is 29.7. The molecule has 0 aliphatic rings. The third kappa shape index (κ3) is 11.5. The van der Waals surface area contributed by atoms with Crippen LogP contribution in [0.2, 0.25) is 18.1 Å². The number of carbonyl (C=O) groups excluding carboxylic acids is 2. The zero-order chi connectivity index (χ0) is 32.5. The lowest BCUT2D eigenvalue weighted by atomic mass is 9.70. The number of carbonyl (C=O) groups is 2. The molecule has 5 atom stereocenters. The Morgan fingerprint density at radius 3 is 2.19 bits per heavy atom. The number of ketones is 1. The molecule has 0 saturated heterocycles. The molecule has 0 aliphatic heterocycles. The normalized spacial score (nSPS) is 17.1. The van der Waals surface area contributed by atoms with E-state index in [-0.39, 0.29) is 29.1 Å². The van der Waals surface area contributed by atoms with E-state index in [2.05, 4.69) is 92.5 Å². The molecule has 0 aromatic carbocycles. The maximum absolute atomic E-state index is 13.9. The van der Waals surface area contributed by atoms with Gasteiger partial charge >= 0.3 is 5.97 Å². The topological polar surface area (TPSA) is 65.5 Å². The summed E-state index contributed by atoms with van der Waals surface area (Å²) < 4.78 is 12.4. The van der Waals surface area contributed by atoms with Crippen LogP contribution in [0.4, 0.5) is 0 Å². The van der Waals surface area contributed by atoms with Crippen molar-refractivity contribution in [2.75, 3.05) is 0 Å². The van der Waals surface area contributed by atoms with Gasteiger partial charge in [-0.3, -0.25) is 9.59 Å². The number of allylic oxidation sites excluding steroid dienone is 1. The average Bonchev–Trinajstić information content (AvgIpc) is 3.29. The summed E-state index contributed by atoms with van der Waals surface area (Å²) in [4.78, 5) is 30.0. The van der Waals surface area contributed by atoms with Crippen molar-refractivity contribution in [1.82, 2.24) is 4.98 Å². The lowest BCUT2D eigenvalue weighted by Gasteiger charge is -2.44. The fourth-order valence-electron chi connectivity index (χ4n) is 5.21. The van der Waals surface area contributed by atoms with Crippen molar-refractivity contribution in [2.24, 2.45) is 23.2 Å².